The molecule has 2 aromatic rings. The Bertz CT molecular complexity index is 638. The molecule has 7 heteroatoms. The lowest BCUT2D eigenvalue weighted by atomic mass is 10.1. The predicted octanol–water partition coefficient (Wildman–Crippen LogP) is 3.51. The third-order valence-corrected chi connectivity index (χ3v) is 4.18. The molecule has 120 valence electrons. The van der Waals surface area contributed by atoms with Crippen LogP contribution >= 0.6 is 24.8 Å². The second-order valence-corrected chi connectivity index (χ2v) is 5.61. The van der Waals surface area contributed by atoms with Crippen LogP contribution in [0.2, 0.25) is 0 Å². The van der Waals surface area contributed by atoms with Gasteiger partial charge < -0.3 is 4.74 Å². The Morgan fingerprint density at radius 2 is 1.65 bits per heavy atom. The van der Waals surface area contributed by atoms with Crippen LogP contribution in [0.4, 0.5) is 4.79 Å². The van der Waals surface area contributed by atoms with Gasteiger partial charge in [-0.15, -0.1) is 0 Å². The average Bonchev–Trinajstić information content (AvgIpc) is 2.61. The maximum atomic E-state index is 12.0. The van der Waals surface area contributed by atoms with Crippen LogP contribution in [0.15, 0.2) is 60.7 Å². The van der Waals surface area contributed by atoms with Gasteiger partial charge in [-0.05, 0) is 17.5 Å². The molecule has 23 heavy (non-hydrogen) atoms. The number of benzene rings is 2. The van der Waals surface area contributed by atoms with Crippen LogP contribution < -0.4 is 4.83 Å². The molecule has 0 heterocycles. The van der Waals surface area contributed by atoms with Gasteiger partial charge in [0.15, 0.2) is 12.4 Å². The quantitative estimate of drug-likeness (QED) is 0.347. The Labute approximate surface area is 144 Å². The number of ketones is 1. The number of amides is 1. The summed E-state index contributed by atoms with van der Waals surface area (Å²) < 4.78 is 6.14. The first-order valence-corrected chi connectivity index (χ1v) is 8.21. The van der Waals surface area contributed by atoms with E-state index in [9.17, 15) is 9.59 Å². The van der Waals surface area contributed by atoms with E-state index in [4.69, 9.17) is 4.74 Å². The molecule has 0 aliphatic carbocycles. The van der Waals surface area contributed by atoms with E-state index < -0.39 is 6.09 Å². The average molecular weight is 348 g/mol. The highest BCUT2D eigenvalue weighted by Crippen LogP contribution is 2.16. The van der Waals surface area contributed by atoms with Crippen molar-refractivity contribution in [3.8, 4) is 0 Å². The SMILES string of the molecule is O=C(COC(=O)N(NS)SCc1ccccc1)c1ccccc1. The summed E-state index contributed by atoms with van der Waals surface area (Å²) in [6.07, 6.45) is -0.676. The summed E-state index contributed by atoms with van der Waals surface area (Å²) in [5.74, 6) is 0.307. The first kappa shape index (κ1) is 17.4. The number of nitrogens with zero attached hydrogens (tertiary/aromatic N) is 1. The molecular formula is C16H16N2O3S2. The van der Waals surface area contributed by atoms with Crippen LogP contribution in [0.1, 0.15) is 15.9 Å². The molecule has 0 aliphatic heterocycles. The predicted molar refractivity (Wildman–Crippen MR) is 93.8 cm³/mol. The Kier molecular flexibility index (Phi) is 6.99. The fourth-order valence-corrected chi connectivity index (χ4v) is 2.67. The Morgan fingerprint density at radius 1 is 1.04 bits per heavy atom. The number of hydrogen-bond donors (Lipinski definition) is 2. The molecule has 2 aromatic carbocycles. The summed E-state index contributed by atoms with van der Waals surface area (Å²) in [5, 5.41) is 0. The number of carbonyl (C=O) groups is 2. The number of hydrazine groups is 1. The normalized spacial score (nSPS) is 10.1. The van der Waals surface area contributed by atoms with E-state index in [2.05, 4.69) is 17.6 Å². The van der Waals surface area contributed by atoms with Crippen molar-refractivity contribution in [3.63, 3.8) is 0 Å². The van der Waals surface area contributed by atoms with Crippen molar-refractivity contribution < 1.29 is 14.3 Å². The second-order valence-electron chi connectivity index (χ2n) is 4.50. The number of nitrogens with one attached hydrogen (secondary N) is 1. The van der Waals surface area contributed by atoms with Gasteiger partial charge in [0.05, 0.1) is 0 Å². The summed E-state index contributed by atoms with van der Waals surface area (Å²) in [4.78, 5) is 26.3. The molecule has 0 spiro atoms. The lowest BCUT2D eigenvalue weighted by Crippen LogP contribution is -2.33. The fourth-order valence-electron chi connectivity index (χ4n) is 1.73. The number of carbonyl (C=O) groups excluding carboxylic acids is 2. The van der Waals surface area contributed by atoms with Crippen molar-refractivity contribution in [1.29, 1.82) is 0 Å². The molecule has 0 bridgehead atoms. The Hall–Kier alpha value is -1.96. The van der Waals surface area contributed by atoms with Crippen LogP contribution in [0.25, 0.3) is 0 Å². The zero-order chi connectivity index (χ0) is 16.5. The first-order chi connectivity index (χ1) is 11.2. The summed E-state index contributed by atoms with van der Waals surface area (Å²) in [7, 11) is 0. The number of rotatable bonds is 7. The molecule has 0 saturated heterocycles. The van der Waals surface area contributed by atoms with E-state index in [1.54, 1.807) is 24.3 Å². The summed E-state index contributed by atoms with van der Waals surface area (Å²) in [6, 6.07) is 18.3. The minimum absolute atomic E-state index is 0.258. The van der Waals surface area contributed by atoms with Gasteiger partial charge in [0.2, 0.25) is 0 Å². The fraction of sp³-hybridized carbons (Fsp3) is 0.125. The van der Waals surface area contributed by atoms with Crippen molar-refractivity contribution in [2.24, 2.45) is 0 Å². The van der Waals surface area contributed by atoms with Gasteiger partial charge in [0.1, 0.15) is 0 Å². The van der Waals surface area contributed by atoms with E-state index in [1.165, 1.54) is 11.9 Å². The minimum Gasteiger partial charge on any atom is -0.439 e. The van der Waals surface area contributed by atoms with Gasteiger partial charge in [-0.3, -0.25) is 4.79 Å². The molecule has 0 aromatic heterocycles. The highest BCUT2D eigenvalue weighted by atomic mass is 32.2. The van der Waals surface area contributed by atoms with Crippen molar-refractivity contribution in [1.82, 2.24) is 9.25 Å². The monoisotopic (exact) mass is 348 g/mol. The van der Waals surface area contributed by atoms with E-state index in [1.807, 2.05) is 36.4 Å². The van der Waals surface area contributed by atoms with E-state index in [-0.39, 0.29) is 12.4 Å². The topological polar surface area (TPSA) is 58.6 Å². The van der Waals surface area contributed by atoms with E-state index in [0.29, 0.717) is 11.3 Å². The van der Waals surface area contributed by atoms with Crippen LogP contribution in [-0.4, -0.2) is 22.9 Å². The molecule has 0 unspecified atom stereocenters. The largest absolute Gasteiger partial charge is 0.439 e. The lowest BCUT2D eigenvalue weighted by molar-refractivity contribution is 0.0808. The lowest BCUT2D eigenvalue weighted by Gasteiger charge is -2.18. The van der Waals surface area contributed by atoms with Crippen LogP contribution in [0, 0.1) is 0 Å². The highest BCUT2D eigenvalue weighted by Gasteiger charge is 2.17. The van der Waals surface area contributed by atoms with Crippen molar-refractivity contribution in [2.75, 3.05) is 6.61 Å². The highest BCUT2D eigenvalue weighted by molar-refractivity contribution is 7.97. The van der Waals surface area contributed by atoms with E-state index in [0.717, 1.165) is 9.98 Å². The van der Waals surface area contributed by atoms with Gasteiger partial charge >= 0.3 is 6.09 Å². The molecule has 0 saturated carbocycles. The smallest absolute Gasteiger partial charge is 0.436 e. The molecule has 0 atom stereocenters. The van der Waals surface area contributed by atoms with Gasteiger partial charge in [-0.1, -0.05) is 73.5 Å². The molecule has 5 nitrogen and oxygen atoms in total. The molecule has 1 N–H and O–H groups in total. The standard InChI is InChI=1S/C16H16N2O3S2/c19-15(14-9-5-2-6-10-14)11-21-16(20)18(17-22)23-12-13-7-3-1-4-8-13/h1-10,17,22H,11-12H2. The second kappa shape index (κ2) is 9.24. The van der Waals surface area contributed by atoms with Crippen molar-refractivity contribution in [3.05, 3.63) is 71.8 Å². The molecule has 1 amide bonds. The zero-order valence-electron chi connectivity index (χ0n) is 12.2. The van der Waals surface area contributed by atoms with Gasteiger partial charge in [0.25, 0.3) is 0 Å². The summed E-state index contributed by atoms with van der Waals surface area (Å²) in [6.45, 7) is -0.319. The zero-order valence-corrected chi connectivity index (χ0v) is 13.9. The number of Topliss-reactive ketones (excluding diaryl/α,β-unsaturated/α-hetero) is 1. The third-order valence-electron chi connectivity index (χ3n) is 2.88. The maximum absolute atomic E-state index is 12.0. The number of hydrogen-bond acceptors (Lipinski definition) is 6. The molecule has 2 rings (SSSR count). The summed E-state index contributed by atoms with van der Waals surface area (Å²) >= 11 is 5.08. The van der Waals surface area contributed by atoms with Crippen LogP contribution in [-0.2, 0) is 10.5 Å². The molecule has 0 fully saturated rings. The van der Waals surface area contributed by atoms with Crippen molar-refractivity contribution >= 4 is 36.6 Å². The minimum atomic E-state index is -0.676. The Balaban J connectivity index is 1.81. The Morgan fingerprint density at radius 3 is 2.26 bits per heavy atom. The van der Waals surface area contributed by atoms with Crippen molar-refractivity contribution in [2.45, 2.75) is 5.75 Å². The van der Waals surface area contributed by atoms with E-state index >= 15 is 0 Å². The maximum Gasteiger partial charge on any atom is 0.436 e. The first-order valence-electron chi connectivity index (χ1n) is 6.82. The van der Waals surface area contributed by atoms with Crippen LogP contribution in [0.3, 0.4) is 0 Å². The van der Waals surface area contributed by atoms with Gasteiger partial charge in [-0.25, -0.2) is 4.79 Å². The third kappa shape index (κ3) is 5.63. The number of ether oxygens (including phenoxy) is 1. The summed E-state index contributed by atoms with van der Waals surface area (Å²) in [5.41, 5.74) is 1.56. The van der Waals surface area contributed by atoms with Gasteiger partial charge in [0, 0.05) is 11.3 Å². The molecular weight excluding hydrogens is 332 g/mol. The number of thiol groups is 1. The molecule has 0 aliphatic rings. The van der Waals surface area contributed by atoms with Gasteiger partial charge in [-0.2, -0.15) is 9.25 Å². The van der Waals surface area contributed by atoms with Crippen LogP contribution in [0.5, 0.6) is 0 Å². The molecule has 0 radical (unpaired) electrons.